The van der Waals surface area contributed by atoms with Crippen LogP contribution in [0.5, 0.6) is 0 Å². The fraction of sp³-hybridized carbons (Fsp3) is 0.406. The zero-order valence-corrected chi connectivity index (χ0v) is 29.8. The highest BCUT2D eigenvalue weighted by Crippen LogP contribution is 2.40. The van der Waals surface area contributed by atoms with Crippen molar-refractivity contribution in [1.82, 2.24) is 24.8 Å². The monoisotopic (exact) mass is 756 g/mol. The summed E-state index contributed by atoms with van der Waals surface area (Å²) in [7, 11) is 1.24. The van der Waals surface area contributed by atoms with Gasteiger partial charge in [-0.2, -0.15) is 0 Å². The van der Waals surface area contributed by atoms with E-state index in [-0.39, 0.29) is 44.7 Å². The number of carbonyl (C=O) groups excluding carboxylic acids is 3. The maximum atomic E-state index is 15.3. The van der Waals surface area contributed by atoms with Crippen molar-refractivity contribution in [2.75, 3.05) is 43.1 Å². The number of halogens is 2. The van der Waals surface area contributed by atoms with E-state index in [1.807, 2.05) is 31.4 Å². The number of hydrogen-bond donors (Lipinski definition) is 3. The number of anilines is 2. The van der Waals surface area contributed by atoms with E-state index in [0.717, 1.165) is 54.4 Å². The first-order chi connectivity index (χ1) is 24.5. The van der Waals surface area contributed by atoms with E-state index in [9.17, 15) is 19.5 Å². The number of aliphatic carboxylic acids is 1. The van der Waals surface area contributed by atoms with Crippen LogP contribution in [-0.4, -0.2) is 92.7 Å². The van der Waals surface area contributed by atoms with E-state index in [2.05, 4.69) is 15.5 Å². The van der Waals surface area contributed by atoms with Gasteiger partial charge in [-0.05, 0) is 25.3 Å². The first-order valence-corrected chi connectivity index (χ1v) is 18.5. The molecular weight excluding hydrogens is 723 g/mol. The van der Waals surface area contributed by atoms with Gasteiger partial charge in [0.1, 0.15) is 40.2 Å². The third-order valence-electron chi connectivity index (χ3n) is 9.34. The lowest BCUT2D eigenvalue weighted by Gasteiger charge is -2.50. The first kappa shape index (κ1) is 34.8. The summed E-state index contributed by atoms with van der Waals surface area (Å²) in [6, 6.07) is 5.84. The van der Waals surface area contributed by atoms with Crippen molar-refractivity contribution in [2.24, 2.45) is 5.16 Å². The van der Waals surface area contributed by atoms with Crippen molar-refractivity contribution in [3.63, 3.8) is 0 Å². The smallest absolute Gasteiger partial charge is 0.276 e. The van der Waals surface area contributed by atoms with Crippen molar-refractivity contribution in [3.05, 3.63) is 68.7 Å². The molecule has 15 nitrogen and oxygen atoms in total. The topological polar surface area (TPSA) is 189 Å². The number of aromatic nitrogens is 3. The number of β-lactam (4-membered cyclic amide) rings is 1. The van der Waals surface area contributed by atoms with Gasteiger partial charge >= 0.3 is 0 Å². The number of rotatable bonds is 10. The normalized spacial score (nSPS) is 20.3. The Morgan fingerprint density at radius 2 is 2.02 bits per heavy atom. The van der Waals surface area contributed by atoms with Crippen LogP contribution in [0, 0.1) is 11.2 Å². The number of hydrogen-bond acceptors (Lipinski definition) is 12. The summed E-state index contributed by atoms with van der Waals surface area (Å²) in [5.74, 6) is -1.81. The molecule has 51 heavy (non-hydrogen) atoms. The van der Waals surface area contributed by atoms with Crippen LogP contribution < -0.4 is 25.7 Å². The third-order valence-corrected chi connectivity index (χ3v) is 11.8. The van der Waals surface area contributed by atoms with Gasteiger partial charge in [0.15, 0.2) is 29.4 Å². The highest BCUT2D eigenvalue weighted by atomic mass is 35.5. The number of nitrogens with zero attached hydrogens (tertiary/aromatic N) is 7. The summed E-state index contributed by atoms with van der Waals surface area (Å²) in [5.41, 5.74) is 6.76. The highest BCUT2D eigenvalue weighted by Gasteiger charge is 2.53. The summed E-state index contributed by atoms with van der Waals surface area (Å²) in [6.07, 6.45) is 5.05. The molecule has 2 fully saturated rings. The van der Waals surface area contributed by atoms with Gasteiger partial charge in [0.25, 0.3) is 11.8 Å². The van der Waals surface area contributed by atoms with Crippen LogP contribution in [-0.2, 0) is 38.9 Å². The summed E-state index contributed by atoms with van der Waals surface area (Å²) in [5, 5.41) is 26.7. The second kappa shape index (κ2) is 14.1. The molecule has 4 N–H and O–H groups in total. The van der Waals surface area contributed by atoms with Crippen LogP contribution in [0.15, 0.2) is 46.9 Å². The number of amidine groups is 1. The first-order valence-electron chi connectivity index (χ1n) is 16.2. The Balaban J connectivity index is 1.03. The zero-order valence-electron chi connectivity index (χ0n) is 27.4. The number of thioether (sulfide) groups is 1. The molecule has 2 saturated heterocycles. The number of carboxylic acid groups (broad SMARTS) is 1. The van der Waals surface area contributed by atoms with E-state index in [0.29, 0.717) is 42.2 Å². The van der Waals surface area contributed by atoms with E-state index in [1.54, 1.807) is 12.1 Å². The average Bonchev–Trinajstić information content (AvgIpc) is 3.81. The second-order valence-electron chi connectivity index (χ2n) is 12.4. The number of oxime groups is 1. The summed E-state index contributed by atoms with van der Waals surface area (Å²) >= 11 is 8.43. The van der Waals surface area contributed by atoms with Crippen LogP contribution in [0.1, 0.15) is 36.1 Å². The van der Waals surface area contributed by atoms with E-state index in [1.165, 1.54) is 24.9 Å². The standard InChI is InChI=1S/C32H34ClFN10O5S2/c1-49-39-23(22-26(33)51-32(36)38-22)28(45)37-24-29(46)44-25(31(47)48)19(16-50-30(24)44)15-42-10-7-21-41(11-12-43(21)42)14-18-6-5-17(13-20(18)34)27(35)40-8-3-2-4-9-40/h5-7,10,13,24,30,35H,2-4,8-9,11-12,14-16H2,1H3,(H3-,36,37,38,45,47,48)/b35-27?,39-23-/t24-,30-/m1/s1. The maximum absolute atomic E-state index is 15.3. The van der Waals surface area contributed by atoms with Gasteiger partial charge in [-0.1, -0.05) is 40.2 Å². The molecule has 2 amide bonds. The van der Waals surface area contributed by atoms with Gasteiger partial charge < -0.3 is 35.6 Å². The molecule has 4 aliphatic heterocycles. The SMILES string of the molecule is CO/N=C(\C(=O)N[C@@H]1C(=O)N2C(C(=O)[O-])=C(C[n+]3ccc4n3CCN4Cc3ccc(C(=N)N4CCCCC4)cc3F)CS[C@H]12)c1nc(N)sc1Cl. The number of amides is 2. The molecule has 2 aromatic heterocycles. The Morgan fingerprint density at radius 1 is 1.24 bits per heavy atom. The molecule has 0 unspecified atom stereocenters. The van der Waals surface area contributed by atoms with Crippen LogP contribution in [0.2, 0.25) is 4.34 Å². The zero-order chi connectivity index (χ0) is 36.0. The largest absolute Gasteiger partial charge is 0.543 e. The van der Waals surface area contributed by atoms with Gasteiger partial charge in [0.05, 0.1) is 24.3 Å². The summed E-state index contributed by atoms with van der Waals surface area (Å²) < 4.78 is 19.3. The summed E-state index contributed by atoms with van der Waals surface area (Å²) in [6.45, 7) is 3.33. The molecule has 0 saturated carbocycles. The minimum atomic E-state index is -1.50. The molecule has 19 heteroatoms. The Kier molecular flexibility index (Phi) is 9.64. The molecule has 0 aliphatic carbocycles. The summed E-state index contributed by atoms with van der Waals surface area (Å²) in [4.78, 5) is 52.9. The molecule has 0 bridgehead atoms. The fourth-order valence-corrected chi connectivity index (χ4v) is 9.13. The number of nitrogens with two attached hydrogens (primary N) is 1. The Morgan fingerprint density at radius 3 is 2.71 bits per heavy atom. The maximum Gasteiger partial charge on any atom is 0.276 e. The molecule has 0 radical (unpaired) electrons. The molecule has 268 valence electrons. The van der Waals surface area contributed by atoms with Gasteiger partial charge in [-0.15, -0.1) is 21.1 Å². The minimum absolute atomic E-state index is 0.000901. The number of piperidine rings is 1. The van der Waals surface area contributed by atoms with Gasteiger partial charge in [0, 0.05) is 48.6 Å². The Labute approximate surface area is 304 Å². The van der Waals surface area contributed by atoms with Crippen LogP contribution in [0.3, 0.4) is 0 Å². The molecule has 0 spiro atoms. The van der Waals surface area contributed by atoms with E-state index in [4.69, 9.17) is 27.6 Å². The Hall–Kier alpha value is -4.68. The number of likely N-dealkylation sites (tertiary alicyclic amines) is 1. The van der Waals surface area contributed by atoms with Gasteiger partial charge in [0.2, 0.25) is 0 Å². The highest BCUT2D eigenvalue weighted by molar-refractivity contribution is 8.00. The molecule has 7 rings (SSSR count). The predicted molar refractivity (Wildman–Crippen MR) is 186 cm³/mol. The molecule has 3 aromatic rings. The number of thiazole rings is 1. The minimum Gasteiger partial charge on any atom is -0.543 e. The van der Waals surface area contributed by atoms with Crippen molar-refractivity contribution < 1.29 is 33.4 Å². The third kappa shape index (κ3) is 6.51. The van der Waals surface area contributed by atoms with Gasteiger partial charge in [-0.25, -0.2) is 9.37 Å². The lowest BCUT2D eigenvalue weighted by molar-refractivity contribution is -0.766. The Bertz CT molecular complexity index is 1990. The number of nitrogens with one attached hydrogen (secondary N) is 2. The van der Waals surface area contributed by atoms with Crippen LogP contribution in [0.4, 0.5) is 15.3 Å². The van der Waals surface area contributed by atoms with Crippen LogP contribution in [0.25, 0.3) is 0 Å². The second-order valence-corrected chi connectivity index (χ2v) is 15.2. The molecule has 6 heterocycles. The van der Waals surface area contributed by atoms with Crippen molar-refractivity contribution in [1.29, 1.82) is 5.41 Å². The fourth-order valence-electron chi connectivity index (χ4n) is 6.86. The lowest BCUT2D eigenvalue weighted by Crippen LogP contribution is -2.71. The number of fused-ring (bicyclic) bond motifs is 2. The molecule has 1 aromatic carbocycles. The van der Waals surface area contributed by atoms with Crippen molar-refractivity contribution in [3.8, 4) is 0 Å². The molecule has 4 aliphatic rings. The van der Waals surface area contributed by atoms with Crippen molar-refractivity contribution >= 4 is 75.0 Å². The van der Waals surface area contributed by atoms with E-state index < -0.39 is 29.2 Å². The quantitative estimate of drug-likeness (QED) is 0.0882. The molecule has 2 atom stereocenters. The average molecular weight is 757 g/mol. The van der Waals surface area contributed by atoms with E-state index >= 15 is 4.39 Å². The van der Waals surface area contributed by atoms with Gasteiger partial charge in [-0.3, -0.25) is 19.9 Å². The molecular formula is C32H34ClFN10O5S2. The number of nitrogen functional groups attached to an aromatic ring is 1. The van der Waals surface area contributed by atoms with Crippen molar-refractivity contribution in [2.45, 2.75) is 50.3 Å². The van der Waals surface area contributed by atoms with Crippen LogP contribution >= 0.6 is 34.7 Å². The number of carboxylic acids is 1. The number of carbonyl (C=O) groups is 3. The predicted octanol–water partition coefficient (Wildman–Crippen LogP) is 0.893. The lowest BCUT2D eigenvalue weighted by atomic mass is 10.0. The number of benzene rings is 1.